The van der Waals surface area contributed by atoms with Crippen LogP contribution in [0, 0.1) is 11.8 Å². The van der Waals surface area contributed by atoms with Crippen LogP contribution in [0.4, 0.5) is 0 Å². The molecule has 1 aliphatic rings. The maximum Gasteiger partial charge on any atom is 0.0827 e. The second-order valence-electron chi connectivity index (χ2n) is 5.84. The first kappa shape index (κ1) is 14.5. The second kappa shape index (κ2) is 6.51. The number of rotatable bonds is 5. The molecule has 0 saturated carbocycles. The summed E-state index contributed by atoms with van der Waals surface area (Å²) >= 11 is 0. The first-order valence-electron chi connectivity index (χ1n) is 7.21. The third-order valence-electron chi connectivity index (χ3n) is 4.39. The van der Waals surface area contributed by atoms with Gasteiger partial charge in [-0.15, -0.1) is 0 Å². The monoisotopic (exact) mass is 263 g/mol. The zero-order valence-corrected chi connectivity index (χ0v) is 11.9. The topological polar surface area (TPSA) is 43.7 Å². The molecule has 1 heterocycles. The van der Waals surface area contributed by atoms with E-state index in [-0.39, 0.29) is 18.6 Å². The predicted molar refractivity (Wildman–Crippen MR) is 76.8 cm³/mol. The van der Waals surface area contributed by atoms with Crippen LogP contribution in [0.15, 0.2) is 30.3 Å². The van der Waals surface area contributed by atoms with Crippen LogP contribution in [0.25, 0.3) is 0 Å². The van der Waals surface area contributed by atoms with Crippen LogP contribution in [-0.2, 0) is 0 Å². The van der Waals surface area contributed by atoms with Crippen molar-refractivity contribution in [3.05, 3.63) is 35.9 Å². The lowest BCUT2D eigenvalue weighted by Crippen LogP contribution is -2.39. The van der Waals surface area contributed by atoms with Gasteiger partial charge in [0.15, 0.2) is 0 Å². The van der Waals surface area contributed by atoms with Gasteiger partial charge < -0.3 is 10.2 Å². The molecule has 0 amide bonds. The fraction of sp³-hybridized carbons (Fsp3) is 0.625. The SMILES string of the molecule is CC(CN1CCC(C)C1CO)C(O)c1ccccc1. The Kier molecular flexibility index (Phi) is 4.97. The minimum Gasteiger partial charge on any atom is -0.395 e. The van der Waals surface area contributed by atoms with E-state index in [0.29, 0.717) is 5.92 Å². The molecule has 3 nitrogen and oxygen atoms in total. The molecule has 0 radical (unpaired) electrons. The van der Waals surface area contributed by atoms with E-state index in [1.165, 1.54) is 0 Å². The number of hydrogen-bond donors (Lipinski definition) is 2. The molecule has 1 fully saturated rings. The van der Waals surface area contributed by atoms with E-state index in [4.69, 9.17) is 0 Å². The van der Waals surface area contributed by atoms with Gasteiger partial charge in [0.05, 0.1) is 12.7 Å². The van der Waals surface area contributed by atoms with Gasteiger partial charge in [0.1, 0.15) is 0 Å². The maximum atomic E-state index is 10.4. The van der Waals surface area contributed by atoms with Gasteiger partial charge in [0, 0.05) is 12.6 Å². The van der Waals surface area contributed by atoms with Crippen LogP contribution in [-0.4, -0.2) is 40.9 Å². The highest BCUT2D eigenvalue weighted by Gasteiger charge is 2.32. The van der Waals surface area contributed by atoms with Gasteiger partial charge in [0.2, 0.25) is 0 Å². The summed E-state index contributed by atoms with van der Waals surface area (Å²) in [6, 6.07) is 10.1. The van der Waals surface area contributed by atoms with Crippen molar-refractivity contribution in [3.8, 4) is 0 Å². The highest BCUT2D eigenvalue weighted by Crippen LogP contribution is 2.28. The van der Waals surface area contributed by atoms with Crippen molar-refractivity contribution in [2.75, 3.05) is 19.7 Å². The highest BCUT2D eigenvalue weighted by atomic mass is 16.3. The van der Waals surface area contributed by atoms with Gasteiger partial charge in [-0.1, -0.05) is 44.2 Å². The van der Waals surface area contributed by atoms with Crippen LogP contribution in [0.2, 0.25) is 0 Å². The molecule has 2 rings (SSSR count). The molecule has 0 aromatic heterocycles. The Labute approximate surface area is 115 Å². The molecule has 0 bridgehead atoms. The van der Waals surface area contributed by atoms with E-state index in [0.717, 1.165) is 25.1 Å². The van der Waals surface area contributed by atoms with Gasteiger partial charge in [-0.05, 0) is 30.4 Å². The normalized spacial score (nSPS) is 27.4. The molecular weight excluding hydrogens is 238 g/mol. The third-order valence-corrected chi connectivity index (χ3v) is 4.39. The van der Waals surface area contributed by atoms with Gasteiger partial charge in [-0.3, -0.25) is 4.90 Å². The Morgan fingerprint density at radius 3 is 2.63 bits per heavy atom. The molecule has 1 saturated heterocycles. The van der Waals surface area contributed by atoms with Crippen molar-refractivity contribution >= 4 is 0 Å². The standard InChI is InChI=1S/C16H25NO2/c1-12-8-9-17(15(12)11-18)10-13(2)16(19)14-6-4-3-5-7-14/h3-7,12-13,15-16,18-19H,8-11H2,1-2H3. The number of aliphatic hydroxyl groups is 2. The van der Waals surface area contributed by atoms with Crippen LogP contribution >= 0.6 is 0 Å². The van der Waals surface area contributed by atoms with E-state index >= 15 is 0 Å². The van der Waals surface area contributed by atoms with E-state index in [9.17, 15) is 10.2 Å². The molecule has 4 unspecified atom stereocenters. The zero-order valence-electron chi connectivity index (χ0n) is 11.9. The summed E-state index contributed by atoms with van der Waals surface area (Å²) in [7, 11) is 0. The quantitative estimate of drug-likeness (QED) is 0.854. The van der Waals surface area contributed by atoms with Crippen molar-refractivity contribution in [2.45, 2.75) is 32.4 Å². The molecule has 0 aliphatic carbocycles. The molecule has 1 aromatic rings. The van der Waals surface area contributed by atoms with Crippen LogP contribution in [0.5, 0.6) is 0 Å². The van der Waals surface area contributed by atoms with Crippen LogP contribution in [0.3, 0.4) is 0 Å². The molecule has 2 N–H and O–H groups in total. The largest absolute Gasteiger partial charge is 0.395 e. The van der Waals surface area contributed by atoms with E-state index in [1.54, 1.807) is 0 Å². The summed E-state index contributed by atoms with van der Waals surface area (Å²) in [6.45, 7) is 6.35. The van der Waals surface area contributed by atoms with Crippen molar-refractivity contribution < 1.29 is 10.2 Å². The Bertz CT molecular complexity index is 382. The smallest absolute Gasteiger partial charge is 0.0827 e. The number of nitrogens with zero attached hydrogens (tertiary/aromatic N) is 1. The Morgan fingerprint density at radius 2 is 2.00 bits per heavy atom. The number of hydrogen-bond acceptors (Lipinski definition) is 3. The van der Waals surface area contributed by atoms with Gasteiger partial charge in [-0.2, -0.15) is 0 Å². The Morgan fingerprint density at radius 1 is 1.32 bits per heavy atom. The Balaban J connectivity index is 1.95. The molecule has 3 heteroatoms. The van der Waals surface area contributed by atoms with Crippen molar-refractivity contribution in [1.29, 1.82) is 0 Å². The summed E-state index contributed by atoms with van der Waals surface area (Å²) < 4.78 is 0. The lowest BCUT2D eigenvalue weighted by Gasteiger charge is -2.30. The van der Waals surface area contributed by atoms with Crippen molar-refractivity contribution in [3.63, 3.8) is 0 Å². The average Bonchev–Trinajstić information content (AvgIpc) is 2.79. The highest BCUT2D eigenvalue weighted by molar-refractivity contribution is 5.17. The van der Waals surface area contributed by atoms with Crippen LogP contribution < -0.4 is 0 Å². The molecule has 106 valence electrons. The Hall–Kier alpha value is -0.900. The fourth-order valence-electron chi connectivity index (χ4n) is 3.06. The maximum absolute atomic E-state index is 10.4. The van der Waals surface area contributed by atoms with Gasteiger partial charge >= 0.3 is 0 Å². The van der Waals surface area contributed by atoms with Crippen molar-refractivity contribution in [2.24, 2.45) is 11.8 Å². The molecule has 1 aromatic carbocycles. The van der Waals surface area contributed by atoms with Crippen molar-refractivity contribution in [1.82, 2.24) is 4.90 Å². The average molecular weight is 263 g/mol. The molecule has 0 spiro atoms. The zero-order chi connectivity index (χ0) is 13.8. The summed E-state index contributed by atoms with van der Waals surface area (Å²) in [5.41, 5.74) is 0.975. The lowest BCUT2D eigenvalue weighted by molar-refractivity contribution is 0.0670. The first-order chi connectivity index (χ1) is 9.13. The van der Waals surface area contributed by atoms with E-state index in [2.05, 4.69) is 18.7 Å². The summed E-state index contributed by atoms with van der Waals surface area (Å²) in [5.74, 6) is 0.716. The molecule has 19 heavy (non-hydrogen) atoms. The predicted octanol–water partition coefficient (Wildman–Crippen LogP) is 2.06. The summed E-state index contributed by atoms with van der Waals surface area (Å²) in [5, 5.41) is 19.9. The van der Waals surface area contributed by atoms with E-state index < -0.39 is 6.10 Å². The minimum absolute atomic E-state index is 0.168. The number of likely N-dealkylation sites (tertiary alicyclic amines) is 1. The second-order valence-corrected chi connectivity index (χ2v) is 5.84. The van der Waals surface area contributed by atoms with Crippen LogP contribution in [0.1, 0.15) is 31.9 Å². The van der Waals surface area contributed by atoms with Gasteiger partial charge in [0.25, 0.3) is 0 Å². The summed E-state index contributed by atoms with van der Waals surface area (Å²) in [6.07, 6.45) is 0.704. The fourth-order valence-corrected chi connectivity index (χ4v) is 3.06. The van der Waals surface area contributed by atoms with Gasteiger partial charge in [-0.25, -0.2) is 0 Å². The summed E-state index contributed by atoms with van der Waals surface area (Å²) in [4.78, 5) is 2.32. The lowest BCUT2D eigenvalue weighted by atomic mass is 9.96. The molecule has 1 aliphatic heterocycles. The van der Waals surface area contributed by atoms with E-state index in [1.807, 2.05) is 30.3 Å². The molecular formula is C16H25NO2. The number of benzene rings is 1. The molecule has 4 atom stereocenters. The first-order valence-corrected chi connectivity index (χ1v) is 7.21. The third kappa shape index (κ3) is 3.35. The number of aliphatic hydroxyl groups excluding tert-OH is 2. The minimum atomic E-state index is -0.434.